The molecule has 3 aromatic carbocycles. The van der Waals surface area contributed by atoms with E-state index in [9.17, 15) is 19.0 Å². The zero-order valence-corrected chi connectivity index (χ0v) is 21.6. The smallest absolute Gasteiger partial charge is 0.257 e. The standard InChI is InChI=1S/C31H33F2NO4/c1-3-20-13-14-34(17-20)27(31(32)33)18-37-25-10-7-21(8-11-25)30-29(22-5-4-6-23(35)15-22)19(2)26-16-24(36)9-12-28(26)38-30/h4-12,15-16,20,27,30-31,35-36H,3,13-14,17-18H2,1-2H3/t20-,27-,30?/m1/s1. The van der Waals surface area contributed by atoms with E-state index in [2.05, 4.69) is 6.92 Å². The predicted octanol–water partition coefficient (Wildman–Crippen LogP) is 6.91. The first kappa shape index (κ1) is 26.0. The highest BCUT2D eigenvalue weighted by Gasteiger charge is 2.34. The summed E-state index contributed by atoms with van der Waals surface area (Å²) >= 11 is 0. The molecule has 0 amide bonds. The number of phenols is 2. The zero-order chi connectivity index (χ0) is 26.8. The highest BCUT2D eigenvalue weighted by Crippen LogP contribution is 2.47. The summed E-state index contributed by atoms with van der Waals surface area (Å²) < 4.78 is 39.9. The van der Waals surface area contributed by atoms with Crippen molar-refractivity contribution in [2.24, 2.45) is 5.92 Å². The van der Waals surface area contributed by atoms with E-state index in [1.165, 1.54) is 0 Å². The van der Waals surface area contributed by atoms with Gasteiger partial charge in [0.2, 0.25) is 0 Å². The van der Waals surface area contributed by atoms with E-state index >= 15 is 0 Å². The minimum atomic E-state index is -2.47. The molecule has 3 aromatic rings. The fraction of sp³-hybridized carbons (Fsp3) is 0.355. The third-order valence-corrected chi connectivity index (χ3v) is 7.69. The van der Waals surface area contributed by atoms with Crippen LogP contribution >= 0.6 is 0 Å². The Balaban J connectivity index is 1.39. The van der Waals surface area contributed by atoms with Crippen LogP contribution in [0.4, 0.5) is 8.78 Å². The average Bonchev–Trinajstić information content (AvgIpc) is 3.38. The van der Waals surface area contributed by atoms with Crippen molar-refractivity contribution in [2.45, 2.75) is 45.3 Å². The van der Waals surface area contributed by atoms with Gasteiger partial charge in [-0.2, -0.15) is 0 Å². The van der Waals surface area contributed by atoms with Crippen molar-refractivity contribution in [3.05, 3.63) is 83.4 Å². The molecule has 0 aromatic heterocycles. The summed E-state index contributed by atoms with van der Waals surface area (Å²) in [6.45, 7) is 5.37. The van der Waals surface area contributed by atoms with Crippen LogP contribution in [0.25, 0.3) is 11.1 Å². The molecule has 2 aliphatic heterocycles. The Labute approximate surface area is 221 Å². The molecule has 2 N–H and O–H groups in total. The molecule has 0 saturated carbocycles. The van der Waals surface area contributed by atoms with Gasteiger partial charge in [0.15, 0.2) is 0 Å². The maximum Gasteiger partial charge on any atom is 0.257 e. The Hall–Kier alpha value is -3.58. The molecular weight excluding hydrogens is 488 g/mol. The average molecular weight is 522 g/mol. The summed E-state index contributed by atoms with van der Waals surface area (Å²) in [7, 11) is 0. The molecule has 1 fully saturated rings. The van der Waals surface area contributed by atoms with Crippen LogP contribution < -0.4 is 9.47 Å². The molecule has 0 spiro atoms. The van der Waals surface area contributed by atoms with Gasteiger partial charge in [0.1, 0.15) is 41.8 Å². The minimum absolute atomic E-state index is 0.0716. The van der Waals surface area contributed by atoms with Gasteiger partial charge >= 0.3 is 0 Å². The van der Waals surface area contributed by atoms with Crippen LogP contribution in [0, 0.1) is 5.92 Å². The maximum absolute atomic E-state index is 13.8. The Morgan fingerprint density at radius 1 is 1.03 bits per heavy atom. The van der Waals surface area contributed by atoms with E-state index in [0.717, 1.165) is 40.7 Å². The number of aromatic hydroxyl groups is 2. The molecule has 1 saturated heterocycles. The Kier molecular flexibility index (Phi) is 7.56. The number of hydrogen-bond donors (Lipinski definition) is 2. The molecular formula is C31H33F2NO4. The molecule has 5 rings (SSSR count). The van der Waals surface area contributed by atoms with Crippen molar-refractivity contribution in [1.82, 2.24) is 4.90 Å². The molecule has 0 radical (unpaired) electrons. The fourth-order valence-corrected chi connectivity index (χ4v) is 5.47. The Morgan fingerprint density at radius 3 is 2.47 bits per heavy atom. The lowest BCUT2D eigenvalue weighted by Crippen LogP contribution is -2.43. The second-order valence-corrected chi connectivity index (χ2v) is 10.1. The van der Waals surface area contributed by atoms with Gasteiger partial charge in [0, 0.05) is 17.7 Å². The van der Waals surface area contributed by atoms with Crippen LogP contribution in [0.3, 0.4) is 0 Å². The van der Waals surface area contributed by atoms with Gasteiger partial charge < -0.3 is 19.7 Å². The van der Waals surface area contributed by atoms with E-state index in [-0.39, 0.29) is 18.1 Å². The lowest BCUT2D eigenvalue weighted by atomic mass is 9.86. The summed E-state index contributed by atoms with van der Waals surface area (Å²) in [5, 5.41) is 20.2. The lowest BCUT2D eigenvalue weighted by Gasteiger charge is -2.31. The first-order valence-electron chi connectivity index (χ1n) is 13.1. The number of benzene rings is 3. The van der Waals surface area contributed by atoms with Gasteiger partial charge in [0.25, 0.3) is 6.43 Å². The van der Waals surface area contributed by atoms with Crippen LogP contribution in [0.1, 0.15) is 49.5 Å². The van der Waals surface area contributed by atoms with Crippen LogP contribution in [0.5, 0.6) is 23.0 Å². The van der Waals surface area contributed by atoms with Crippen molar-refractivity contribution < 1.29 is 28.5 Å². The molecule has 38 heavy (non-hydrogen) atoms. The van der Waals surface area contributed by atoms with Gasteiger partial charge in [-0.1, -0.05) is 37.6 Å². The minimum Gasteiger partial charge on any atom is -0.508 e. The number of phenolic OH excluding ortho intramolecular Hbond substituents is 2. The third-order valence-electron chi connectivity index (χ3n) is 7.69. The highest BCUT2D eigenvalue weighted by atomic mass is 19.3. The summed E-state index contributed by atoms with van der Waals surface area (Å²) in [4.78, 5) is 1.85. The summed E-state index contributed by atoms with van der Waals surface area (Å²) in [6.07, 6.45) is -1.000. The van der Waals surface area contributed by atoms with Gasteiger partial charge in [-0.3, -0.25) is 4.90 Å². The molecule has 1 unspecified atom stereocenters. The van der Waals surface area contributed by atoms with Crippen molar-refractivity contribution in [3.8, 4) is 23.0 Å². The van der Waals surface area contributed by atoms with Crippen molar-refractivity contribution in [3.63, 3.8) is 0 Å². The monoisotopic (exact) mass is 521 g/mol. The Bertz CT molecular complexity index is 1310. The summed E-state index contributed by atoms with van der Waals surface area (Å²) in [6, 6.07) is 18.4. The fourth-order valence-electron chi connectivity index (χ4n) is 5.47. The van der Waals surface area contributed by atoms with E-state index < -0.39 is 18.6 Å². The number of ether oxygens (including phenoxy) is 2. The molecule has 7 heteroatoms. The molecule has 5 nitrogen and oxygen atoms in total. The number of allylic oxidation sites excluding steroid dienone is 1. The summed E-state index contributed by atoms with van der Waals surface area (Å²) in [5.74, 6) is 1.92. The zero-order valence-electron chi connectivity index (χ0n) is 21.6. The summed E-state index contributed by atoms with van der Waals surface area (Å²) in [5.41, 5.74) is 4.23. The SMILES string of the molecule is CC[C@@H]1CCN([C@H](COc2ccc(C3Oc4ccc(O)cc4C(C)=C3c3cccc(O)c3)cc2)C(F)F)C1. The second-order valence-electron chi connectivity index (χ2n) is 10.1. The van der Waals surface area contributed by atoms with Gasteiger partial charge in [-0.15, -0.1) is 0 Å². The van der Waals surface area contributed by atoms with E-state index in [0.29, 0.717) is 30.5 Å². The van der Waals surface area contributed by atoms with Crippen molar-refractivity contribution in [2.75, 3.05) is 19.7 Å². The number of likely N-dealkylation sites (tertiary alicyclic amines) is 1. The number of alkyl halides is 2. The largest absolute Gasteiger partial charge is 0.508 e. The third kappa shape index (κ3) is 5.34. The van der Waals surface area contributed by atoms with Gasteiger partial charge in [-0.25, -0.2) is 8.78 Å². The van der Waals surface area contributed by atoms with Crippen molar-refractivity contribution in [1.29, 1.82) is 0 Å². The predicted molar refractivity (Wildman–Crippen MR) is 144 cm³/mol. The van der Waals surface area contributed by atoms with E-state index in [1.54, 1.807) is 48.5 Å². The number of rotatable bonds is 8. The van der Waals surface area contributed by atoms with Gasteiger partial charge in [-0.05, 0) is 85.0 Å². The molecule has 2 heterocycles. The van der Waals surface area contributed by atoms with E-state index in [4.69, 9.17) is 9.47 Å². The van der Waals surface area contributed by atoms with Crippen LogP contribution in [0.15, 0.2) is 66.7 Å². The first-order chi connectivity index (χ1) is 18.3. The molecule has 3 atom stereocenters. The lowest BCUT2D eigenvalue weighted by molar-refractivity contribution is 0.00982. The Morgan fingerprint density at radius 2 is 1.79 bits per heavy atom. The topological polar surface area (TPSA) is 62.2 Å². The number of fused-ring (bicyclic) bond motifs is 1. The maximum atomic E-state index is 13.8. The van der Waals surface area contributed by atoms with E-state index in [1.807, 2.05) is 30.0 Å². The highest BCUT2D eigenvalue weighted by molar-refractivity contribution is 5.95. The molecule has 0 bridgehead atoms. The molecule has 0 aliphatic carbocycles. The van der Waals surface area contributed by atoms with Crippen LogP contribution in [0.2, 0.25) is 0 Å². The number of hydrogen-bond acceptors (Lipinski definition) is 5. The molecule has 200 valence electrons. The normalized spacial score (nSPS) is 20.3. The molecule has 2 aliphatic rings. The first-order valence-corrected chi connectivity index (χ1v) is 13.1. The van der Waals surface area contributed by atoms with Crippen LogP contribution in [-0.2, 0) is 0 Å². The number of nitrogens with zero attached hydrogens (tertiary/aromatic N) is 1. The number of halogens is 2. The van der Waals surface area contributed by atoms with Crippen molar-refractivity contribution >= 4 is 11.1 Å². The van der Waals surface area contributed by atoms with Gasteiger partial charge in [0.05, 0.1) is 0 Å². The quantitative estimate of drug-likeness (QED) is 0.337. The second kappa shape index (κ2) is 11.0. The van der Waals surface area contributed by atoms with Crippen LogP contribution in [-0.4, -0.2) is 47.3 Å².